The van der Waals surface area contributed by atoms with E-state index in [4.69, 9.17) is 15.0 Å². The van der Waals surface area contributed by atoms with Gasteiger partial charge in [-0.05, 0) is 92.0 Å². The predicted molar refractivity (Wildman–Crippen MR) is 306 cm³/mol. The molecule has 0 aliphatic rings. The lowest BCUT2D eigenvalue weighted by molar-refractivity contribution is 1.07. The van der Waals surface area contributed by atoms with Crippen molar-refractivity contribution in [1.29, 1.82) is 0 Å². The van der Waals surface area contributed by atoms with Gasteiger partial charge in [-0.3, -0.25) is 0 Å². The smallest absolute Gasteiger partial charge is 0.164 e. The van der Waals surface area contributed by atoms with E-state index >= 15 is 0 Å². The second-order valence-electron chi connectivity index (χ2n) is 18.1. The molecule has 2 aromatic heterocycles. The number of allylic oxidation sites excluding steroid dienone is 4. The summed E-state index contributed by atoms with van der Waals surface area (Å²) in [7, 11) is 0. The highest BCUT2D eigenvalue weighted by atomic mass is 15.0. The van der Waals surface area contributed by atoms with Gasteiger partial charge in [-0.2, -0.15) is 0 Å². The highest BCUT2D eigenvalue weighted by Crippen LogP contribution is 2.46. The van der Waals surface area contributed by atoms with E-state index in [1.165, 1.54) is 11.1 Å². The van der Waals surface area contributed by atoms with Crippen LogP contribution in [0.3, 0.4) is 0 Å². The van der Waals surface area contributed by atoms with Gasteiger partial charge in [0.1, 0.15) is 0 Å². The quantitative estimate of drug-likeness (QED) is 0.115. The third-order valence-corrected chi connectivity index (χ3v) is 13.6. The van der Waals surface area contributed by atoms with E-state index in [2.05, 4.69) is 230 Å². The zero-order valence-corrected chi connectivity index (χ0v) is 40.1. The molecule has 0 bridgehead atoms. The molecule has 0 aliphatic heterocycles. The number of nitrogens with zero attached hydrogens (tertiary/aromatic N) is 4. The SMILES string of the molecule is C=C/C=C(\C=C)c1ccc(-c2cc(-c3nc(-c4ccccc4)nc(-c4ccccc4)n3)cc(-c3ccc(-c4ccccc4)cc3)c2-n2c3ccc(-c4ccccc4)cc3c3cc(-c4ccccc4)ccc32)cc1. The van der Waals surface area contributed by atoms with Crippen LogP contribution in [0.5, 0.6) is 0 Å². The maximum atomic E-state index is 5.30. The fourth-order valence-electron chi connectivity index (χ4n) is 9.99. The Morgan fingerprint density at radius 2 is 0.671 bits per heavy atom. The van der Waals surface area contributed by atoms with Crippen LogP contribution in [0.4, 0.5) is 0 Å². The summed E-state index contributed by atoms with van der Waals surface area (Å²) in [5.41, 5.74) is 19.0. The standard InChI is InChI=1S/C69H48N4/c1-3-20-47(4-2)51-31-35-53(36-32-51)60-45-59(69-71-67(55-27-16-8-17-28-55)70-68(72-69)56-29-18-9-19-30-56)46-61(54-37-33-52(34-38-54)48-21-10-5-11-22-48)66(60)73-64-41-39-57(49-23-12-6-13-24-49)43-62(64)63-44-58(40-42-65(63)73)50-25-14-7-15-26-50/h3-46H,1-2H2/b47-20+. The Bertz CT molecular complexity index is 3840. The van der Waals surface area contributed by atoms with Crippen LogP contribution in [0, 0.1) is 0 Å². The van der Waals surface area contributed by atoms with Crippen molar-refractivity contribution >= 4 is 27.4 Å². The second-order valence-corrected chi connectivity index (χ2v) is 18.1. The maximum absolute atomic E-state index is 5.30. The zero-order chi connectivity index (χ0) is 49.1. The molecule has 0 saturated heterocycles. The summed E-state index contributed by atoms with van der Waals surface area (Å²) in [6.07, 6.45) is 5.67. The van der Waals surface area contributed by atoms with E-state index < -0.39 is 0 Å². The molecule has 0 aliphatic carbocycles. The maximum Gasteiger partial charge on any atom is 0.164 e. The lowest BCUT2D eigenvalue weighted by Gasteiger charge is -2.21. The Hall–Kier alpha value is -9.77. The van der Waals surface area contributed by atoms with E-state index in [9.17, 15) is 0 Å². The highest BCUT2D eigenvalue weighted by molar-refractivity contribution is 6.13. The molecule has 10 aromatic carbocycles. The Balaban J connectivity index is 1.19. The van der Waals surface area contributed by atoms with Crippen molar-refractivity contribution in [2.75, 3.05) is 0 Å². The van der Waals surface area contributed by atoms with Crippen molar-refractivity contribution in [1.82, 2.24) is 19.5 Å². The largest absolute Gasteiger partial charge is 0.308 e. The van der Waals surface area contributed by atoms with Crippen LogP contribution in [-0.4, -0.2) is 19.5 Å². The van der Waals surface area contributed by atoms with Crippen molar-refractivity contribution in [3.05, 3.63) is 286 Å². The van der Waals surface area contributed by atoms with E-state index in [-0.39, 0.29) is 0 Å². The number of benzene rings is 10. The number of fused-ring (bicyclic) bond motifs is 3. The molecule has 0 atom stereocenters. The first-order valence-corrected chi connectivity index (χ1v) is 24.6. The molecule has 0 saturated carbocycles. The van der Waals surface area contributed by atoms with Crippen molar-refractivity contribution in [2.45, 2.75) is 0 Å². The van der Waals surface area contributed by atoms with E-state index in [1.807, 2.05) is 48.6 Å². The summed E-state index contributed by atoms with van der Waals surface area (Å²) in [6, 6.07) is 88.3. The van der Waals surface area contributed by atoms with E-state index in [1.54, 1.807) is 6.08 Å². The summed E-state index contributed by atoms with van der Waals surface area (Å²) < 4.78 is 2.48. The van der Waals surface area contributed by atoms with Crippen molar-refractivity contribution in [2.24, 2.45) is 0 Å². The molecule has 0 fully saturated rings. The third-order valence-electron chi connectivity index (χ3n) is 13.6. The lowest BCUT2D eigenvalue weighted by atomic mass is 9.91. The molecule has 2 heterocycles. The molecule has 344 valence electrons. The molecular weight excluding hydrogens is 885 g/mol. The average Bonchev–Trinajstić information content (AvgIpc) is 3.80. The summed E-state index contributed by atoms with van der Waals surface area (Å²) in [6.45, 7) is 8.11. The number of rotatable bonds is 12. The van der Waals surface area contributed by atoms with E-state index in [0.29, 0.717) is 17.5 Å². The van der Waals surface area contributed by atoms with E-state index in [0.717, 1.165) is 99.8 Å². The fraction of sp³-hybridized carbons (Fsp3) is 0. The van der Waals surface area contributed by atoms with Crippen molar-refractivity contribution < 1.29 is 0 Å². The van der Waals surface area contributed by atoms with Crippen LogP contribution in [0.25, 0.3) is 123 Å². The summed E-state index contributed by atoms with van der Waals surface area (Å²) in [5, 5.41) is 2.32. The van der Waals surface area contributed by atoms with Crippen LogP contribution in [0.2, 0.25) is 0 Å². The minimum Gasteiger partial charge on any atom is -0.308 e. The lowest BCUT2D eigenvalue weighted by Crippen LogP contribution is -2.04. The molecule has 12 rings (SSSR count). The molecule has 73 heavy (non-hydrogen) atoms. The predicted octanol–water partition coefficient (Wildman–Crippen LogP) is 18.1. The average molecular weight is 933 g/mol. The normalized spacial score (nSPS) is 11.5. The summed E-state index contributed by atoms with van der Waals surface area (Å²) in [4.78, 5) is 15.7. The third kappa shape index (κ3) is 8.68. The van der Waals surface area contributed by atoms with Crippen LogP contribution >= 0.6 is 0 Å². The highest BCUT2D eigenvalue weighted by Gasteiger charge is 2.24. The van der Waals surface area contributed by atoms with Gasteiger partial charge in [0.2, 0.25) is 0 Å². The molecule has 0 N–H and O–H groups in total. The topological polar surface area (TPSA) is 43.6 Å². The van der Waals surface area contributed by atoms with Gasteiger partial charge >= 0.3 is 0 Å². The molecule has 12 aromatic rings. The minimum absolute atomic E-state index is 0.573. The first-order chi connectivity index (χ1) is 36.1. The fourth-order valence-corrected chi connectivity index (χ4v) is 9.99. The first-order valence-electron chi connectivity index (χ1n) is 24.6. The Labute approximate surface area is 426 Å². The van der Waals surface area contributed by atoms with Crippen LogP contribution in [-0.2, 0) is 0 Å². The zero-order valence-electron chi connectivity index (χ0n) is 40.1. The van der Waals surface area contributed by atoms with Crippen LogP contribution in [0.1, 0.15) is 5.56 Å². The van der Waals surface area contributed by atoms with Gasteiger partial charge in [0.15, 0.2) is 17.5 Å². The first kappa shape index (κ1) is 44.4. The van der Waals surface area contributed by atoms with Crippen LogP contribution < -0.4 is 0 Å². The summed E-state index contributed by atoms with van der Waals surface area (Å²) in [5.74, 6) is 1.78. The minimum atomic E-state index is 0.573. The number of aromatic nitrogens is 4. The molecule has 0 spiro atoms. The molecular formula is C69H48N4. The van der Waals surface area contributed by atoms with Gasteiger partial charge in [0, 0.05) is 38.6 Å². The molecule has 4 nitrogen and oxygen atoms in total. The Kier molecular flexibility index (Phi) is 11.9. The molecule has 4 heteroatoms. The monoisotopic (exact) mass is 932 g/mol. The molecule has 0 unspecified atom stereocenters. The van der Waals surface area contributed by atoms with Crippen molar-refractivity contribution in [3.63, 3.8) is 0 Å². The van der Waals surface area contributed by atoms with Crippen LogP contribution in [0.15, 0.2) is 280 Å². The Morgan fingerprint density at radius 3 is 1.08 bits per heavy atom. The number of hydrogen-bond acceptors (Lipinski definition) is 3. The van der Waals surface area contributed by atoms with Gasteiger partial charge in [-0.25, -0.2) is 15.0 Å². The molecule has 0 radical (unpaired) electrons. The summed E-state index contributed by atoms with van der Waals surface area (Å²) >= 11 is 0. The van der Waals surface area contributed by atoms with Gasteiger partial charge in [-0.1, -0.05) is 244 Å². The number of hydrogen-bond donors (Lipinski definition) is 0. The molecule has 0 amide bonds. The van der Waals surface area contributed by atoms with Gasteiger partial charge in [0.05, 0.1) is 16.7 Å². The van der Waals surface area contributed by atoms with Crippen molar-refractivity contribution in [3.8, 4) is 95.5 Å². The van der Waals surface area contributed by atoms with Gasteiger partial charge in [0.25, 0.3) is 0 Å². The second kappa shape index (κ2) is 19.6. The van der Waals surface area contributed by atoms with Gasteiger partial charge in [-0.15, -0.1) is 0 Å². The van der Waals surface area contributed by atoms with Gasteiger partial charge < -0.3 is 4.57 Å². The Morgan fingerprint density at radius 1 is 0.329 bits per heavy atom.